The average Bonchev–Trinajstić information content (AvgIpc) is 3.37. The van der Waals surface area contributed by atoms with Gasteiger partial charge in [0.05, 0.1) is 7.11 Å². The number of benzene rings is 2. The molecule has 2 heterocycles. The third-order valence-electron chi connectivity index (χ3n) is 5.52. The number of likely N-dealkylation sites (tertiary alicyclic amines) is 1. The van der Waals surface area contributed by atoms with E-state index in [4.69, 9.17) is 9.47 Å². The highest BCUT2D eigenvalue weighted by Crippen LogP contribution is 2.31. The van der Waals surface area contributed by atoms with Crippen molar-refractivity contribution in [1.82, 2.24) is 20.1 Å². The molecule has 0 spiro atoms. The first kappa shape index (κ1) is 22.4. The Kier molecular flexibility index (Phi) is 6.97. The summed E-state index contributed by atoms with van der Waals surface area (Å²) in [5.41, 5.74) is 1.14. The number of hydrogen-bond acceptors (Lipinski definition) is 6. The van der Waals surface area contributed by atoms with Crippen LogP contribution < -0.4 is 15.0 Å². The molecule has 1 fully saturated rings. The van der Waals surface area contributed by atoms with Crippen molar-refractivity contribution < 1.29 is 18.7 Å². The Morgan fingerprint density at radius 3 is 2.67 bits per heavy atom. The summed E-state index contributed by atoms with van der Waals surface area (Å²) in [4.78, 5) is 29.2. The number of amides is 1. The maximum Gasteiger partial charge on any atom is 0.273 e. The molecule has 0 unspecified atom stereocenters. The van der Waals surface area contributed by atoms with Gasteiger partial charge in [-0.05, 0) is 48.7 Å². The van der Waals surface area contributed by atoms with Crippen LogP contribution in [0.1, 0.15) is 30.5 Å². The van der Waals surface area contributed by atoms with Gasteiger partial charge < -0.3 is 19.4 Å². The van der Waals surface area contributed by atoms with E-state index in [1.807, 2.05) is 4.90 Å². The first-order chi connectivity index (χ1) is 16.0. The molecule has 1 N–H and O–H groups in total. The van der Waals surface area contributed by atoms with Crippen LogP contribution in [0.4, 0.5) is 4.39 Å². The third kappa shape index (κ3) is 5.54. The summed E-state index contributed by atoms with van der Waals surface area (Å²) in [5.74, 6) is 0.899. The standard InChI is InChI=1S/C24H25FN4O4/c1-32-21-14-17(7-9-20(21)33-15-16-5-4-6-18(25)13-16)23-26-24(31)19(27-28-23)8-10-22(30)29-11-2-3-12-29/h4-7,9,13-14H,2-3,8,10-12,15H2,1H3,(H,26,28,31). The Balaban J connectivity index is 1.44. The largest absolute Gasteiger partial charge is 0.493 e. The number of H-pyrrole nitrogens is 1. The number of aromatic nitrogens is 3. The molecule has 172 valence electrons. The maximum absolute atomic E-state index is 13.4. The fourth-order valence-electron chi connectivity index (χ4n) is 3.73. The summed E-state index contributed by atoms with van der Waals surface area (Å²) < 4.78 is 24.5. The number of halogens is 1. The molecule has 0 saturated carbocycles. The lowest BCUT2D eigenvalue weighted by molar-refractivity contribution is -0.130. The number of nitrogens with one attached hydrogen (secondary N) is 1. The first-order valence-electron chi connectivity index (χ1n) is 10.8. The van der Waals surface area contributed by atoms with Crippen molar-refractivity contribution in [2.45, 2.75) is 32.3 Å². The van der Waals surface area contributed by atoms with Gasteiger partial charge >= 0.3 is 0 Å². The summed E-state index contributed by atoms with van der Waals surface area (Å²) in [6.07, 6.45) is 2.54. The van der Waals surface area contributed by atoms with Crippen molar-refractivity contribution in [3.63, 3.8) is 0 Å². The van der Waals surface area contributed by atoms with Gasteiger partial charge in [-0.3, -0.25) is 9.59 Å². The van der Waals surface area contributed by atoms with Crippen molar-refractivity contribution in [3.05, 3.63) is 69.9 Å². The van der Waals surface area contributed by atoms with E-state index in [0.29, 0.717) is 22.6 Å². The predicted molar refractivity (Wildman–Crippen MR) is 120 cm³/mol. The molecule has 1 aromatic heterocycles. The number of carbonyl (C=O) groups is 1. The zero-order chi connectivity index (χ0) is 23.2. The summed E-state index contributed by atoms with van der Waals surface area (Å²) in [7, 11) is 1.50. The molecule has 1 aliphatic rings. The molecule has 3 aromatic rings. The third-order valence-corrected chi connectivity index (χ3v) is 5.52. The average molecular weight is 452 g/mol. The van der Waals surface area contributed by atoms with Crippen LogP contribution in [0.15, 0.2) is 47.3 Å². The van der Waals surface area contributed by atoms with Crippen LogP contribution in [0.2, 0.25) is 0 Å². The van der Waals surface area contributed by atoms with Gasteiger partial charge in [0.15, 0.2) is 17.3 Å². The Morgan fingerprint density at radius 1 is 1.12 bits per heavy atom. The van der Waals surface area contributed by atoms with Gasteiger partial charge in [0.25, 0.3) is 5.56 Å². The quantitative estimate of drug-likeness (QED) is 0.564. The minimum atomic E-state index is -0.375. The topological polar surface area (TPSA) is 97.4 Å². The normalized spacial score (nSPS) is 13.2. The summed E-state index contributed by atoms with van der Waals surface area (Å²) >= 11 is 0. The molecular formula is C24H25FN4O4. The van der Waals surface area contributed by atoms with E-state index >= 15 is 0 Å². The molecule has 0 radical (unpaired) electrons. The van der Waals surface area contributed by atoms with Gasteiger partial charge in [0.1, 0.15) is 18.1 Å². The Labute approximate surface area is 190 Å². The number of rotatable bonds is 8. The van der Waals surface area contributed by atoms with Crippen LogP contribution in [0, 0.1) is 5.82 Å². The first-order valence-corrected chi connectivity index (χ1v) is 10.8. The molecule has 0 aliphatic carbocycles. The predicted octanol–water partition coefficient (Wildman–Crippen LogP) is 3.11. The number of carbonyl (C=O) groups excluding carboxylic acids is 1. The maximum atomic E-state index is 13.4. The Morgan fingerprint density at radius 2 is 1.94 bits per heavy atom. The van der Waals surface area contributed by atoms with E-state index < -0.39 is 0 Å². The molecule has 2 aromatic carbocycles. The minimum Gasteiger partial charge on any atom is -0.493 e. The lowest BCUT2D eigenvalue weighted by atomic mass is 10.2. The van der Waals surface area contributed by atoms with Crippen LogP contribution in [0.25, 0.3) is 11.4 Å². The number of aromatic amines is 1. The molecule has 0 atom stereocenters. The fourth-order valence-corrected chi connectivity index (χ4v) is 3.73. The molecule has 1 saturated heterocycles. The zero-order valence-corrected chi connectivity index (χ0v) is 18.3. The van der Waals surface area contributed by atoms with Gasteiger partial charge in [0.2, 0.25) is 5.91 Å². The summed E-state index contributed by atoms with van der Waals surface area (Å²) in [5, 5.41) is 8.17. The highest BCUT2D eigenvalue weighted by molar-refractivity contribution is 5.76. The highest BCUT2D eigenvalue weighted by Gasteiger charge is 2.18. The van der Waals surface area contributed by atoms with Crippen LogP contribution in [0.3, 0.4) is 0 Å². The van der Waals surface area contributed by atoms with Crippen LogP contribution >= 0.6 is 0 Å². The Bertz CT molecular complexity index is 1190. The van der Waals surface area contributed by atoms with Crippen molar-refractivity contribution in [3.8, 4) is 22.9 Å². The molecular weight excluding hydrogens is 427 g/mol. The fraction of sp³-hybridized carbons (Fsp3) is 0.333. The molecule has 1 aliphatic heterocycles. The lowest BCUT2D eigenvalue weighted by Gasteiger charge is -2.14. The van der Waals surface area contributed by atoms with Crippen molar-refractivity contribution in [2.24, 2.45) is 0 Å². The number of ether oxygens (including phenoxy) is 2. The minimum absolute atomic E-state index is 0.0383. The number of nitrogens with zero attached hydrogens (tertiary/aromatic N) is 3. The van der Waals surface area contributed by atoms with Crippen molar-refractivity contribution >= 4 is 5.91 Å². The SMILES string of the molecule is COc1cc(-c2nnc(CCC(=O)N3CCCC3)c(=O)[nH]2)ccc1OCc1cccc(F)c1. The second-order valence-electron chi connectivity index (χ2n) is 7.82. The second kappa shape index (κ2) is 10.2. The van der Waals surface area contributed by atoms with Gasteiger partial charge in [-0.15, -0.1) is 10.2 Å². The zero-order valence-electron chi connectivity index (χ0n) is 18.3. The van der Waals surface area contributed by atoms with E-state index in [0.717, 1.165) is 25.9 Å². The van der Waals surface area contributed by atoms with E-state index in [1.54, 1.807) is 30.3 Å². The summed E-state index contributed by atoms with van der Waals surface area (Å²) in [6.45, 7) is 1.74. The van der Waals surface area contributed by atoms with Gasteiger partial charge in [-0.1, -0.05) is 12.1 Å². The van der Waals surface area contributed by atoms with Crippen LogP contribution in [0.5, 0.6) is 11.5 Å². The molecule has 9 heteroatoms. The van der Waals surface area contributed by atoms with E-state index in [2.05, 4.69) is 15.2 Å². The molecule has 8 nitrogen and oxygen atoms in total. The van der Waals surface area contributed by atoms with Crippen LogP contribution in [-0.4, -0.2) is 46.2 Å². The van der Waals surface area contributed by atoms with Crippen LogP contribution in [-0.2, 0) is 17.8 Å². The number of methoxy groups -OCH3 is 1. The van der Waals surface area contributed by atoms with Gasteiger partial charge in [0, 0.05) is 31.5 Å². The summed E-state index contributed by atoms with van der Waals surface area (Å²) in [6, 6.07) is 11.3. The monoisotopic (exact) mass is 452 g/mol. The molecule has 0 bridgehead atoms. The van der Waals surface area contributed by atoms with E-state index in [1.165, 1.54) is 19.2 Å². The van der Waals surface area contributed by atoms with Gasteiger partial charge in [-0.2, -0.15) is 0 Å². The number of hydrogen-bond donors (Lipinski definition) is 1. The second-order valence-corrected chi connectivity index (χ2v) is 7.82. The number of aryl methyl sites for hydroxylation is 1. The Hall–Kier alpha value is -3.75. The molecule has 1 amide bonds. The van der Waals surface area contributed by atoms with Gasteiger partial charge in [-0.25, -0.2) is 4.39 Å². The smallest absolute Gasteiger partial charge is 0.273 e. The molecule has 33 heavy (non-hydrogen) atoms. The van der Waals surface area contributed by atoms with E-state index in [-0.39, 0.29) is 48.3 Å². The lowest BCUT2D eigenvalue weighted by Crippen LogP contribution is -2.28. The van der Waals surface area contributed by atoms with E-state index in [9.17, 15) is 14.0 Å². The van der Waals surface area contributed by atoms with Crippen molar-refractivity contribution in [1.29, 1.82) is 0 Å². The van der Waals surface area contributed by atoms with Crippen molar-refractivity contribution in [2.75, 3.05) is 20.2 Å². The highest BCUT2D eigenvalue weighted by atomic mass is 19.1. The molecule has 4 rings (SSSR count).